The summed E-state index contributed by atoms with van der Waals surface area (Å²) in [5.74, 6) is 0. The first-order valence-electron chi connectivity index (χ1n) is 7.09. The van der Waals surface area contributed by atoms with Crippen molar-refractivity contribution in [2.75, 3.05) is 6.54 Å². The minimum Gasteiger partial charge on any atom is -0.312 e. The molecule has 0 aliphatic rings. The van der Waals surface area contributed by atoms with Crippen molar-refractivity contribution in [1.82, 2.24) is 5.32 Å². The first-order valence-corrected chi connectivity index (χ1v) is 8.26. The Morgan fingerprint density at radius 3 is 2.68 bits per heavy atom. The van der Waals surface area contributed by atoms with Crippen LogP contribution in [-0.2, 0) is 6.54 Å². The van der Waals surface area contributed by atoms with Gasteiger partial charge in [0, 0.05) is 22.6 Å². The highest BCUT2D eigenvalue weighted by atomic mass is 79.9. The number of halogens is 2. The Morgan fingerprint density at radius 2 is 2.00 bits per heavy atom. The SMILES string of the molecule is CCCCCC(C)(C)CNCc1cc(Br)ccc1Cl. The van der Waals surface area contributed by atoms with Crippen LogP contribution in [-0.4, -0.2) is 6.54 Å². The minimum absolute atomic E-state index is 0.355. The Bertz CT molecular complexity index is 390. The van der Waals surface area contributed by atoms with E-state index >= 15 is 0 Å². The quantitative estimate of drug-likeness (QED) is 0.587. The monoisotopic (exact) mass is 345 g/mol. The van der Waals surface area contributed by atoms with E-state index in [-0.39, 0.29) is 0 Å². The lowest BCUT2D eigenvalue weighted by molar-refractivity contribution is 0.302. The smallest absolute Gasteiger partial charge is 0.0451 e. The lowest BCUT2D eigenvalue weighted by atomic mass is 9.87. The van der Waals surface area contributed by atoms with E-state index in [1.54, 1.807) is 0 Å². The molecule has 0 fully saturated rings. The Morgan fingerprint density at radius 1 is 1.26 bits per heavy atom. The highest BCUT2D eigenvalue weighted by Crippen LogP contribution is 2.24. The van der Waals surface area contributed by atoms with Crippen LogP contribution in [0.4, 0.5) is 0 Å². The maximum Gasteiger partial charge on any atom is 0.0451 e. The number of hydrogen-bond acceptors (Lipinski definition) is 1. The molecule has 0 radical (unpaired) electrons. The summed E-state index contributed by atoms with van der Waals surface area (Å²) in [7, 11) is 0. The van der Waals surface area contributed by atoms with Crippen molar-refractivity contribution < 1.29 is 0 Å². The van der Waals surface area contributed by atoms with Crippen LogP contribution in [0.25, 0.3) is 0 Å². The van der Waals surface area contributed by atoms with Gasteiger partial charge in [0.2, 0.25) is 0 Å². The van der Waals surface area contributed by atoms with Gasteiger partial charge in [-0.05, 0) is 35.6 Å². The van der Waals surface area contributed by atoms with Gasteiger partial charge in [0.05, 0.1) is 0 Å². The number of nitrogens with one attached hydrogen (secondary N) is 1. The Balaban J connectivity index is 2.38. The van der Waals surface area contributed by atoms with E-state index in [0.29, 0.717) is 5.41 Å². The molecule has 1 nitrogen and oxygen atoms in total. The maximum atomic E-state index is 6.19. The summed E-state index contributed by atoms with van der Waals surface area (Å²) in [5.41, 5.74) is 1.51. The molecule has 3 heteroatoms. The largest absolute Gasteiger partial charge is 0.312 e. The second-order valence-corrected chi connectivity index (χ2v) is 7.28. The fourth-order valence-electron chi connectivity index (χ4n) is 2.16. The van der Waals surface area contributed by atoms with Gasteiger partial charge in [-0.1, -0.05) is 67.6 Å². The fourth-order valence-corrected chi connectivity index (χ4v) is 2.75. The predicted molar refractivity (Wildman–Crippen MR) is 88.8 cm³/mol. The van der Waals surface area contributed by atoms with Crippen LogP contribution in [0.5, 0.6) is 0 Å². The second kappa shape index (κ2) is 8.28. The summed E-state index contributed by atoms with van der Waals surface area (Å²) in [6.07, 6.45) is 5.22. The van der Waals surface area contributed by atoms with Crippen molar-refractivity contribution in [2.24, 2.45) is 5.41 Å². The molecule has 0 heterocycles. The predicted octanol–water partition coefficient (Wildman–Crippen LogP) is 5.80. The zero-order valence-electron chi connectivity index (χ0n) is 12.2. The first kappa shape index (κ1) is 17.0. The molecule has 0 aliphatic carbocycles. The number of rotatable bonds is 8. The molecule has 0 unspecified atom stereocenters. The molecule has 1 rings (SSSR count). The molecule has 0 amide bonds. The van der Waals surface area contributed by atoms with Crippen molar-refractivity contribution in [3.05, 3.63) is 33.3 Å². The summed E-state index contributed by atoms with van der Waals surface area (Å²) in [4.78, 5) is 0. The molecule has 0 spiro atoms. The number of unbranched alkanes of at least 4 members (excludes halogenated alkanes) is 2. The average molecular weight is 347 g/mol. The second-order valence-electron chi connectivity index (χ2n) is 5.96. The van der Waals surface area contributed by atoms with Crippen LogP contribution in [0.3, 0.4) is 0 Å². The van der Waals surface area contributed by atoms with Crippen LogP contribution < -0.4 is 5.32 Å². The number of benzene rings is 1. The zero-order valence-corrected chi connectivity index (χ0v) is 14.6. The van der Waals surface area contributed by atoms with E-state index in [1.807, 2.05) is 12.1 Å². The van der Waals surface area contributed by atoms with Crippen molar-refractivity contribution in [3.63, 3.8) is 0 Å². The van der Waals surface area contributed by atoms with Crippen LogP contribution in [0.1, 0.15) is 52.0 Å². The van der Waals surface area contributed by atoms with Gasteiger partial charge in [0.1, 0.15) is 0 Å². The van der Waals surface area contributed by atoms with Gasteiger partial charge >= 0.3 is 0 Å². The summed E-state index contributed by atoms with van der Waals surface area (Å²) < 4.78 is 1.08. The van der Waals surface area contributed by atoms with E-state index in [1.165, 1.54) is 25.7 Å². The van der Waals surface area contributed by atoms with Gasteiger partial charge in [-0.25, -0.2) is 0 Å². The highest BCUT2D eigenvalue weighted by Gasteiger charge is 2.16. The third-order valence-corrected chi connectivity index (χ3v) is 4.25. The normalized spacial score (nSPS) is 11.8. The lowest BCUT2D eigenvalue weighted by Crippen LogP contribution is -2.29. The summed E-state index contributed by atoms with van der Waals surface area (Å²) in [5, 5.41) is 4.36. The molecule has 1 aromatic carbocycles. The van der Waals surface area contributed by atoms with Gasteiger partial charge in [0.25, 0.3) is 0 Å². The van der Waals surface area contributed by atoms with Crippen LogP contribution in [0.2, 0.25) is 5.02 Å². The van der Waals surface area contributed by atoms with Gasteiger partial charge in [-0.3, -0.25) is 0 Å². The molecular formula is C16H25BrClN. The molecule has 0 aromatic heterocycles. The molecule has 0 saturated heterocycles. The van der Waals surface area contributed by atoms with Crippen LogP contribution in [0, 0.1) is 5.41 Å². The van der Waals surface area contributed by atoms with E-state index in [0.717, 1.165) is 28.1 Å². The Kier molecular flexibility index (Phi) is 7.41. The van der Waals surface area contributed by atoms with Gasteiger partial charge < -0.3 is 5.32 Å². The molecule has 19 heavy (non-hydrogen) atoms. The number of hydrogen-bond donors (Lipinski definition) is 1. The van der Waals surface area contributed by atoms with E-state index in [4.69, 9.17) is 11.6 Å². The molecule has 0 saturated carbocycles. The highest BCUT2D eigenvalue weighted by molar-refractivity contribution is 9.10. The lowest BCUT2D eigenvalue weighted by Gasteiger charge is -2.25. The summed E-state index contributed by atoms with van der Waals surface area (Å²) in [6.45, 7) is 8.77. The third-order valence-electron chi connectivity index (χ3n) is 3.38. The average Bonchev–Trinajstić information content (AvgIpc) is 2.33. The molecule has 108 valence electrons. The third kappa shape index (κ3) is 6.78. The van der Waals surface area contributed by atoms with Crippen LogP contribution >= 0.6 is 27.5 Å². The van der Waals surface area contributed by atoms with E-state index in [9.17, 15) is 0 Å². The van der Waals surface area contributed by atoms with Crippen molar-refractivity contribution in [1.29, 1.82) is 0 Å². The van der Waals surface area contributed by atoms with E-state index < -0.39 is 0 Å². The first-order chi connectivity index (χ1) is 8.94. The maximum absolute atomic E-state index is 6.19. The molecule has 0 bridgehead atoms. The van der Waals surface area contributed by atoms with Gasteiger partial charge in [-0.15, -0.1) is 0 Å². The van der Waals surface area contributed by atoms with Crippen molar-refractivity contribution >= 4 is 27.5 Å². The van der Waals surface area contributed by atoms with Gasteiger partial charge in [-0.2, -0.15) is 0 Å². The van der Waals surface area contributed by atoms with Crippen molar-refractivity contribution in [3.8, 4) is 0 Å². The van der Waals surface area contributed by atoms with Gasteiger partial charge in [0.15, 0.2) is 0 Å². The van der Waals surface area contributed by atoms with Crippen LogP contribution in [0.15, 0.2) is 22.7 Å². The summed E-state index contributed by atoms with van der Waals surface area (Å²) >= 11 is 9.67. The minimum atomic E-state index is 0.355. The van der Waals surface area contributed by atoms with E-state index in [2.05, 4.69) is 48.1 Å². The Labute approximate surface area is 131 Å². The zero-order chi connectivity index (χ0) is 14.3. The molecular weight excluding hydrogens is 322 g/mol. The standard InChI is InChI=1S/C16H25BrClN/c1-4-5-6-9-16(2,3)12-19-11-13-10-14(17)7-8-15(13)18/h7-8,10,19H,4-6,9,11-12H2,1-3H3. The topological polar surface area (TPSA) is 12.0 Å². The van der Waals surface area contributed by atoms with Crippen molar-refractivity contribution in [2.45, 2.75) is 53.0 Å². The molecule has 0 aliphatic heterocycles. The fraction of sp³-hybridized carbons (Fsp3) is 0.625. The molecule has 1 aromatic rings. The molecule has 0 atom stereocenters. The Hall–Kier alpha value is -0.0500. The molecule has 1 N–H and O–H groups in total. The summed E-state index contributed by atoms with van der Waals surface area (Å²) in [6, 6.07) is 6.00.